The molecule has 0 aliphatic carbocycles. The average molecular weight is 590 g/mol. The number of morpholine rings is 1. The number of aliphatic hydroxyl groups is 1. The number of aliphatic hydroxyl groups excluding tert-OH is 1. The molecule has 39 heavy (non-hydrogen) atoms. The van der Waals surface area contributed by atoms with Crippen LogP contribution in [0.1, 0.15) is 29.7 Å². The molecule has 2 aromatic carbocycles. The summed E-state index contributed by atoms with van der Waals surface area (Å²) in [4.78, 5) is 12.5. The van der Waals surface area contributed by atoms with Gasteiger partial charge >= 0.3 is 0 Å². The van der Waals surface area contributed by atoms with Gasteiger partial charge in [0.2, 0.25) is 5.91 Å². The van der Waals surface area contributed by atoms with Gasteiger partial charge in [0.1, 0.15) is 10.3 Å². The summed E-state index contributed by atoms with van der Waals surface area (Å²) < 4.78 is 36.2. The Balaban J connectivity index is 1.41. The molecule has 0 radical (unpaired) electrons. The molecule has 4 aromatic rings. The van der Waals surface area contributed by atoms with Crippen molar-refractivity contribution in [2.45, 2.75) is 36.4 Å². The van der Waals surface area contributed by atoms with Crippen LogP contribution in [0.3, 0.4) is 0 Å². The fourth-order valence-corrected chi connectivity index (χ4v) is 6.96. The summed E-state index contributed by atoms with van der Waals surface area (Å²) in [6.07, 6.45) is -0.846. The summed E-state index contributed by atoms with van der Waals surface area (Å²) in [5, 5.41) is 21.6. The van der Waals surface area contributed by atoms with E-state index in [2.05, 4.69) is 20.5 Å². The number of carbonyl (C=O) groups is 1. The first-order valence-corrected chi connectivity index (χ1v) is 15.0. The number of aromatic nitrogens is 2. The van der Waals surface area contributed by atoms with Gasteiger partial charge in [0, 0.05) is 13.1 Å². The van der Waals surface area contributed by atoms with Crippen LogP contribution in [0.15, 0.2) is 58.8 Å². The van der Waals surface area contributed by atoms with E-state index in [0.717, 1.165) is 22.5 Å². The van der Waals surface area contributed by atoms with Crippen molar-refractivity contribution < 1.29 is 23.1 Å². The molecular weight excluding hydrogens is 562 g/mol. The van der Waals surface area contributed by atoms with Crippen LogP contribution in [-0.4, -0.2) is 55.0 Å². The molecule has 0 saturated carbocycles. The maximum atomic E-state index is 13.1. The Morgan fingerprint density at radius 3 is 2.77 bits per heavy atom. The molecule has 5 rings (SSSR count). The van der Waals surface area contributed by atoms with Crippen LogP contribution in [0, 0.1) is 0 Å². The zero-order valence-corrected chi connectivity index (χ0v) is 23.4. The van der Waals surface area contributed by atoms with E-state index in [4.69, 9.17) is 16.3 Å². The highest BCUT2D eigenvalue weighted by molar-refractivity contribution is 7.94. The van der Waals surface area contributed by atoms with E-state index in [0.29, 0.717) is 53.7 Å². The van der Waals surface area contributed by atoms with Crippen molar-refractivity contribution in [1.29, 1.82) is 0 Å². The SMILES string of the molecule is CC(O)c1cccc2c1c(NS(=O)(=O)c1ccc(Cl)s1)nn2Cc1cccc(CNC(=O)[C@@H]2COCCN2)c1. The van der Waals surface area contributed by atoms with Crippen molar-refractivity contribution >= 4 is 55.6 Å². The molecule has 1 aliphatic rings. The Hall–Kier alpha value is -3.00. The van der Waals surface area contributed by atoms with Crippen molar-refractivity contribution in [3.05, 3.63) is 75.6 Å². The number of nitrogens with zero attached hydrogens (tertiary/aromatic N) is 2. The topological polar surface area (TPSA) is 135 Å². The summed E-state index contributed by atoms with van der Waals surface area (Å²) in [5.74, 6) is 0.00409. The van der Waals surface area contributed by atoms with Crippen molar-refractivity contribution in [3.63, 3.8) is 0 Å². The lowest BCUT2D eigenvalue weighted by atomic mass is 10.1. The van der Waals surface area contributed by atoms with E-state index in [1.54, 1.807) is 23.7 Å². The van der Waals surface area contributed by atoms with Gasteiger partial charge in [-0.1, -0.05) is 48.0 Å². The number of sulfonamides is 1. The maximum absolute atomic E-state index is 13.1. The molecule has 10 nitrogen and oxygen atoms in total. The number of benzene rings is 2. The molecule has 4 N–H and O–H groups in total. The minimum Gasteiger partial charge on any atom is -0.389 e. The summed E-state index contributed by atoms with van der Waals surface area (Å²) in [5.41, 5.74) is 3.04. The van der Waals surface area contributed by atoms with Crippen LogP contribution in [-0.2, 0) is 32.6 Å². The van der Waals surface area contributed by atoms with Crippen LogP contribution >= 0.6 is 22.9 Å². The van der Waals surface area contributed by atoms with Gasteiger partial charge in [-0.3, -0.25) is 14.2 Å². The van der Waals surface area contributed by atoms with Crippen molar-refractivity contribution in [1.82, 2.24) is 20.4 Å². The van der Waals surface area contributed by atoms with Crippen LogP contribution < -0.4 is 15.4 Å². The Morgan fingerprint density at radius 2 is 2.05 bits per heavy atom. The molecule has 206 valence electrons. The number of anilines is 1. The van der Waals surface area contributed by atoms with Gasteiger partial charge in [-0.25, -0.2) is 8.42 Å². The first-order chi connectivity index (χ1) is 18.7. The van der Waals surface area contributed by atoms with Crippen molar-refractivity contribution in [3.8, 4) is 0 Å². The lowest BCUT2D eigenvalue weighted by Gasteiger charge is -2.22. The number of rotatable bonds is 9. The third-order valence-electron chi connectivity index (χ3n) is 6.33. The average Bonchev–Trinajstić information content (AvgIpc) is 3.52. The van der Waals surface area contributed by atoms with Gasteiger partial charge in [-0.15, -0.1) is 11.3 Å². The van der Waals surface area contributed by atoms with Crippen LogP contribution in [0.2, 0.25) is 4.34 Å². The molecule has 3 heterocycles. The first kappa shape index (κ1) is 27.6. The number of nitrogens with one attached hydrogen (secondary N) is 3. The van der Waals surface area contributed by atoms with Gasteiger partial charge in [-0.2, -0.15) is 5.10 Å². The third-order valence-corrected chi connectivity index (χ3v) is 9.40. The van der Waals surface area contributed by atoms with Crippen LogP contribution in [0.4, 0.5) is 5.82 Å². The number of carbonyl (C=O) groups excluding carboxylic acids is 1. The van der Waals surface area contributed by atoms with Crippen LogP contribution in [0.5, 0.6) is 0 Å². The molecular formula is C26H28ClN5O5S2. The smallest absolute Gasteiger partial charge is 0.272 e. The second-order valence-electron chi connectivity index (χ2n) is 9.21. The quantitative estimate of drug-likeness (QED) is 0.235. The Kier molecular flexibility index (Phi) is 8.21. The second kappa shape index (κ2) is 11.6. The third kappa shape index (κ3) is 6.26. The lowest BCUT2D eigenvalue weighted by Crippen LogP contribution is -2.51. The molecule has 13 heteroatoms. The minimum absolute atomic E-state index is 0.0643. The zero-order valence-electron chi connectivity index (χ0n) is 21.1. The first-order valence-electron chi connectivity index (χ1n) is 12.3. The van der Waals surface area contributed by atoms with Gasteiger partial charge in [0.25, 0.3) is 10.0 Å². The normalized spacial score (nSPS) is 16.7. The van der Waals surface area contributed by atoms with Gasteiger partial charge in [0.15, 0.2) is 5.82 Å². The molecule has 1 fully saturated rings. The van der Waals surface area contributed by atoms with Gasteiger partial charge in [0.05, 0.1) is 41.1 Å². The van der Waals surface area contributed by atoms with E-state index in [1.807, 2.05) is 30.3 Å². The maximum Gasteiger partial charge on any atom is 0.272 e. The van der Waals surface area contributed by atoms with E-state index >= 15 is 0 Å². The summed E-state index contributed by atoms with van der Waals surface area (Å²) in [6.45, 7) is 3.89. The molecule has 2 atom stereocenters. The Morgan fingerprint density at radius 1 is 1.26 bits per heavy atom. The summed E-state index contributed by atoms with van der Waals surface area (Å²) in [7, 11) is -3.95. The van der Waals surface area contributed by atoms with E-state index in [-0.39, 0.29) is 22.0 Å². The fraction of sp³-hybridized carbons (Fsp3) is 0.308. The lowest BCUT2D eigenvalue weighted by molar-refractivity contribution is -0.126. The van der Waals surface area contributed by atoms with E-state index in [9.17, 15) is 18.3 Å². The Bertz CT molecular complexity index is 1600. The van der Waals surface area contributed by atoms with Gasteiger partial charge < -0.3 is 20.5 Å². The molecule has 1 unspecified atom stereocenters. The zero-order chi connectivity index (χ0) is 27.6. The predicted octanol–water partition coefficient (Wildman–Crippen LogP) is 3.26. The van der Waals surface area contributed by atoms with Gasteiger partial charge in [-0.05, 0) is 41.8 Å². The summed E-state index contributed by atoms with van der Waals surface area (Å²) >= 11 is 6.91. The number of fused-ring (bicyclic) bond motifs is 1. The number of amides is 1. The van der Waals surface area contributed by atoms with E-state index < -0.39 is 16.1 Å². The number of hydrogen-bond donors (Lipinski definition) is 4. The molecule has 1 aliphatic heterocycles. The number of hydrogen-bond acceptors (Lipinski definition) is 8. The molecule has 0 bridgehead atoms. The molecule has 0 spiro atoms. The predicted molar refractivity (Wildman–Crippen MR) is 151 cm³/mol. The molecule has 2 aromatic heterocycles. The minimum atomic E-state index is -3.95. The highest BCUT2D eigenvalue weighted by Gasteiger charge is 2.24. The fourth-order valence-electron chi connectivity index (χ4n) is 4.47. The van der Waals surface area contributed by atoms with Crippen molar-refractivity contribution in [2.24, 2.45) is 0 Å². The summed E-state index contributed by atoms with van der Waals surface area (Å²) in [6, 6.07) is 15.7. The number of thiophene rings is 1. The number of halogens is 1. The monoisotopic (exact) mass is 589 g/mol. The number of ether oxygens (including phenoxy) is 1. The second-order valence-corrected chi connectivity index (χ2v) is 12.8. The highest BCUT2D eigenvalue weighted by atomic mass is 35.5. The van der Waals surface area contributed by atoms with Crippen molar-refractivity contribution in [2.75, 3.05) is 24.5 Å². The Labute approximate surface area is 235 Å². The van der Waals surface area contributed by atoms with E-state index in [1.165, 1.54) is 12.1 Å². The largest absolute Gasteiger partial charge is 0.389 e. The van der Waals surface area contributed by atoms with Crippen LogP contribution in [0.25, 0.3) is 10.9 Å². The highest BCUT2D eigenvalue weighted by Crippen LogP contribution is 2.34. The molecule has 1 amide bonds. The standard InChI is InChI=1S/C26H28ClN5O5S2/c1-16(33)19-6-3-7-21-24(19)25(31-39(35,36)23-9-8-22(27)38-23)30-32(21)14-18-5-2-4-17(12-18)13-29-26(34)20-15-37-11-10-28-20/h2-9,12,16,20,28,33H,10-11,13-15H2,1H3,(H,29,34)(H,30,31)/t16?,20-/m0/s1. The molecule has 1 saturated heterocycles.